The maximum absolute atomic E-state index is 4.58. The first-order valence-corrected chi connectivity index (χ1v) is 7.19. The number of aromatic nitrogens is 2. The average Bonchev–Trinajstić information content (AvgIpc) is 2.82. The van der Waals surface area contributed by atoms with Crippen LogP contribution in [0, 0.1) is 5.92 Å². The van der Waals surface area contributed by atoms with Crippen molar-refractivity contribution in [3.05, 3.63) is 18.0 Å². The standard InChI is InChI=1S/C14H27N5.HI/c1-5-12(6-2)8-16-14(15-7-3)17-9-13-10-18-19(4)11-13;/h10-12H,5-9H2,1-4H3,(H2,15,16,17);1H. The molecule has 0 unspecified atom stereocenters. The van der Waals surface area contributed by atoms with E-state index in [-0.39, 0.29) is 24.0 Å². The van der Waals surface area contributed by atoms with E-state index >= 15 is 0 Å². The summed E-state index contributed by atoms with van der Waals surface area (Å²) in [7, 11) is 1.92. The normalized spacial score (nSPS) is 11.3. The van der Waals surface area contributed by atoms with E-state index in [1.807, 2.05) is 19.4 Å². The van der Waals surface area contributed by atoms with Crippen molar-refractivity contribution >= 4 is 29.9 Å². The third-order valence-electron chi connectivity index (χ3n) is 3.24. The number of halogens is 1. The van der Waals surface area contributed by atoms with Crippen molar-refractivity contribution in [3.8, 4) is 0 Å². The Morgan fingerprint density at radius 2 is 2.00 bits per heavy atom. The lowest BCUT2D eigenvalue weighted by Crippen LogP contribution is -2.39. The molecule has 0 radical (unpaired) electrons. The van der Waals surface area contributed by atoms with Gasteiger partial charge in [-0.2, -0.15) is 5.10 Å². The first kappa shape index (κ1) is 19.2. The van der Waals surface area contributed by atoms with Gasteiger partial charge in [-0.05, 0) is 12.8 Å². The molecule has 0 atom stereocenters. The molecule has 116 valence electrons. The molecule has 1 aromatic heterocycles. The number of guanidine groups is 1. The molecule has 20 heavy (non-hydrogen) atoms. The lowest BCUT2D eigenvalue weighted by atomic mass is 10.0. The number of hydrogen-bond acceptors (Lipinski definition) is 2. The smallest absolute Gasteiger partial charge is 0.191 e. The van der Waals surface area contributed by atoms with E-state index in [2.05, 4.69) is 41.5 Å². The number of aliphatic imine (C=N–C) groups is 1. The maximum Gasteiger partial charge on any atom is 0.191 e. The Bertz CT molecular complexity index is 385. The Hall–Kier alpha value is -0.790. The van der Waals surface area contributed by atoms with Gasteiger partial charge >= 0.3 is 0 Å². The summed E-state index contributed by atoms with van der Waals surface area (Å²) in [6.45, 7) is 9.06. The highest BCUT2D eigenvalue weighted by atomic mass is 127. The Labute approximate surface area is 139 Å². The van der Waals surface area contributed by atoms with Crippen molar-refractivity contribution in [3.63, 3.8) is 0 Å². The third-order valence-corrected chi connectivity index (χ3v) is 3.24. The predicted octanol–water partition coefficient (Wildman–Crippen LogP) is 2.53. The van der Waals surface area contributed by atoms with Crippen molar-refractivity contribution in [2.45, 2.75) is 40.2 Å². The summed E-state index contributed by atoms with van der Waals surface area (Å²) in [5.74, 6) is 1.60. The molecule has 0 aliphatic rings. The second-order valence-electron chi connectivity index (χ2n) is 4.78. The number of nitrogens with one attached hydrogen (secondary N) is 2. The van der Waals surface area contributed by atoms with Gasteiger partial charge in [0.25, 0.3) is 0 Å². The molecular formula is C14H28IN5. The summed E-state index contributed by atoms with van der Waals surface area (Å²) >= 11 is 0. The minimum atomic E-state index is 0. The van der Waals surface area contributed by atoms with Crippen LogP contribution in [0.5, 0.6) is 0 Å². The van der Waals surface area contributed by atoms with Crippen LogP contribution in [-0.2, 0) is 13.6 Å². The summed E-state index contributed by atoms with van der Waals surface area (Å²) in [6.07, 6.45) is 6.25. The quantitative estimate of drug-likeness (QED) is 0.425. The summed E-state index contributed by atoms with van der Waals surface area (Å²) in [6, 6.07) is 0. The van der Waals surface area contributed by atoms with Gasteiger partial charge in [-0.3, -0.25) is 4.68 Å². The molecule has 5 nitrogen and oxygen atoms in total. The largest absolute Gasteiger partial charge is 0.357 e. The highest BCUT2D eigenvalue weighted by Crippen LogP contribution is 2.05. The van der Waals surface area contributed by atoms with E-state index < -0.39 is 0 Å². The average molecular weight is 393 g/mol. The van der Waals surface area contributed by atoms with Crippen LogP contribution in [0.2, 0.25) is 0 Å². The lowest BCUT2D eigenvalue weighted by Gasteiger charge is -2.16. The zero-order chi connectivity index (χ0) is 14.1. The number of aryl methyl sites for hydroxylation is 1. The molecule has 0 bridgehead atoms. The van der Waals surface area contributed by atoms with Crippen molar-refractivity contribution in [1.29, 1.82) is 0 Å². The molecule has 0 aliphatic heterocycles. The highest BCUT2D eigenvalue weighted by molar-refractivity contribution is 14.0. The Morgan fingerprint density at radius 3 is 2.50 bits per heavy atom. The van der Waals surface area contributed by atoms with E-state index in [1.54, 1.807) is 4.68 Å². The summed E-state index contributed by atoms with van der Waals surface area (Å²) in [4.78, 5) is 4.58. The van der Waals surface area contributed by atoms with E-state index in [1.165, 1.54) is 12.8 Å². The molecule has 0 aliphatic carbocycles. The zero-order valence-corrected chi connectivity index (χ0v) is 15.3. The van der Waals surface area contributed by atoms with Crippen molar-refractivity contribution in [1.82, 2.24) is 20.4 Å². The van der Waals surface area contributed by atoms with Crippen LogP contribution >= 0.6 is 24.0 Å². The number of hydrogen-bond donors (Lipinski definition) is 2. The molecule has 0 spiro atoms. The molecule has 0 fully saturated rings. The Kier molecular flexibility index (Phi) is 10.5. The number of nitrogens with zero attached hydrogens (tertiary/aromatic N) is 3. The third kappa shape index (κ3) is 7.12. The van der Waals surface area contributed by atoms with E-state index in [0.29, 0.717) is 12.5 Å². The van der Waals surface area contributed by atoms with E-state index in [0.717, 1.165) is 24.6 Å². The van der Waals surface area contributed by atoms with Crippen LogP contribution in [0.1, 0.15) is 39.2 Å². The minimum Gasteiger partial charge on any atom is -0.357 e. The number of rotatable bonds is 7. The van der Waals surface area contributed by atoms with Gasteiger partial charge in [-0.25, -0.2) is 4.99 Å². The van der Waals surface area contributed by atoms with Crippen molar-refractivity contribution in [2.75, 3.05) is 13.1 Å². The van der Waals surface area contributed by atoms with E-state index in [4.69, 9.17) is 0 Å². The van der Waals surface area contributed by atoms with Gasteiger partial charge < -0.3 is 10.6 Å². The van der Waals surface area contributed by atoms with Crippen LogP contribution in [0.25, 0.3) is 0 Å². The van der Waals surface area contributed by atoms with Gasteiger partial charge in [0, 0.05) is 31.9 Å². The molecule has 1 aromatic rings. The Balaban J connectivity index is 0.00000361. The minimum absolute atomic E-state index is 0. The van der Waals surface area contributed by atoms with Crippen LogP contribution in [0.4, 0.5) is 0 Å². The summed E-state index contributed by atoms with van der Waals surface area (Å²) in [5, 5.41) is 10.8. The van der Waals surface area contributed by atoms with Crippen molar-refractivity contribution in [2.24, 2.45) is 18.0 Å². The van der Waals surface area contributed by atoms with Gasteiger partial charge in [-0.15, -0.1) is 24.0 Å². The fourth-order valence-corrected chi connectivity index (χ4v) is 1.88. The molecule has 1 heterocycles. The van der Waals surface area contributed by atoms with E-state index in [9.17, 15) is 0 Å². The first-order chi connectivity index (χ1) is 9.19. The SMILES string of the molecule is CCNC(=NCc1cnn(C)c1)NCC(CC)CC.I. The van der Waals surface area contributed by atoms with Crippen molar-refractivity contribution < 1.29 is 0 Å². The molecule has 0 saturated carbocycles. The molecule has 0 aromatic carbocycles. The second-order valence-corrected chi connectivity index (χ2v) is 4.78. The fraction of sp³-hybridized carbons (Fsp3) is 0.714. The molecule has 6 heteroatoms. The zero-order valence-electron chi connectivity index (χ0n) is 13.0. The van der Waals surface area contributed by atoms with Crippen LogP contribution in [0.15, 0.2) is 17.4 Å². The molecule has 0 saturated heterocycles. The van der Waals surface area contributed by atoms with Crippen LogP contribution < -0.4 is 10.6 Å². The monoisotopic (exact) mass is 393 g/mol. The summed E-state index contributed by atoms with van der Waals surface area (Å²) in [5.41, 5.74) is 1.13. The highest BCUT2D eigenvalue weighted by Gasteiger charge is 2.04. The van der Waals surface area contributed by atoms with Gasteiger partial charge in [0.2, 0.25) is 0 Å². The van der Waals surface area contributed by atoms with Gasteiger partial charge in [0.05, 0.1) is 12.7 Å². The molecule has 2 N–H and O–H groups in total. The molecule has 1 rings (SSSR count). The Morgan fingerprint density at radius 1 is 1.30 bits per heavy atom. The topological polar surface area (TPSA) is 54.2 Å². The first-order valence-electron chi connectivity index (χ1n) is 7.19. The van der Waals surface area contributed by atoms with Crippen LogP contribution in [-0.4, -0.2) is 28.8 Å². The second kappa shape index (κ2) is 10.9. The lowest BCUT2D eigenvalue weighted by molar-refractivity contribution is 0.481. The van der Waals surface area contributed by atoms with Crippen LogP contribution in [0.3, 0.4) is 0 Å². The molecular weight excluding hydrogens is 365 g/mol. The molecule has 0 amide bonds. The van der Waals surface area contributed by atoms with Gasteiger partial charge in [0.1, 0.15) is 0 Å². The maximum atomic E-state index is 4.58. The summed E-state index contributed by atoms with van der Waals surface area (Å²) < 4.78 is 1.80. The predicted molar refractivity (Wildman–Crippen MR) is 95.5 cm³/mol. The van der Waals surface area contributed by atoms with Gasteiger partial charge in [0.15, 0.2) is 5.96 Å². The fourth-order valence-electron chi connectivity index (χ4n) is 1.88. The van der Waals surface area contributed by atoms with Gasteiger partial charge in [-0.1, -0.05) is 26.7 Å².